The minimum Gasteiger partial charge on any atom is -0.481 e. The Labute approximate surface area is 144 Å². The first-order valence-corrected chi connectivity index (χ1v) is 8.57. The number of piperidine rings is 1. The van der Waals surface area contributed by atoms with Crippen LogP contribution in [-0.2, 0) is 14.3 Å². The largest absolute Gasteiger partial charge is 0.481 e. The van der Waals surface area contributed by atoms with Gasteiger partial charge < -0.3 is 19.6 Å². The van der Waals surface area contributed by atoms with Gasteiger partial charge in [0.15, 0.2) is 0 Å². The summed E-state index contributed by atoms with van der Waals surface area (Å²) in [5.74, 6) is -1.41. The van der Waals surface area contributed by atoms with E-state index in [1.54, 1.807) is 24.6 Å². The van der Waals surface area contributed by atoms with Crippen molar-refractivity contribution in [3.63, 3.8) is 0 Å². The van der Waals surface area contributed by atoms with E-state index in [4.69, 9.17) is 4.74 Å². The summed E-state index contributed by atoms with van der Waals surface area (Å²) in [6.45, 7) is 0.601. The molecule has 1 saturated heterocycles. The molecule has 2 heterocycles. The summed E-state index contributed by atoms with van der Waals surface area (Å²) >= 11 is 1.32. The molecule has 1 N–H and O–H groups in total. The van der Waals surface area contributed by atoms with Crippen LogP contribution < -0.4 is 0 Å². The maximum absolute atomic E-state index is 12.5. The zero-order valence-corrected chi connectivity index (χ0v) is 14.7. The molecule has 1 aromatic heterocycles. The van der Waals surface area contributed by atoms with Crippen LogP contribution in [0.4, 0.5) is 0 Å². The second-order valence-corrected chi connectivity index (χ2v) is 7.02. The van der Waals surface area contributed by atoms with E-state index in [2.05, 4.69) is 0 Å². The van der Waals surface area contributed by atoms with Crippen molar-refractivity contribution in [1.29, 1.82) is 0 Å². The molecule has 1 unspecified atom stereocenters. The molecular weight excluding hydrogens is 332 g/mol. The second kappa shape index (κ2) is 7.76. The zero-order chi connectivity index (χ0) is 17.7. The lowest BCUT2D eigenvalue weighted by atomic mass is 9.80. The number of ether oxygens (including phenoxy) is 1. The van der Waals surface area contributed by atoms with Crippen molar-refractivity contribution in [3.8, 4) is 0 Å². The minimum atomic E-state index is -1.07. The fraction of sp³-hybridized carbons (Fsp3) is 0.562. The van der Waals surface area contributed by atoms with Gasteiger partial charge in [-0.05, 0) is 24.3 Å². The van der Waals surface area contributed by atoms with Crippen molar-refractivity contribution in [2.24, 2.45) is 5.41 Å². The monoisotopic (exact) mass is 354 g/mol. The smallest absolute Gasteiger partial charge is 0.313 e. The SMILES string of the molecule is COCC1(C(=O)O)CCCN(C(=O)CN(C)C(=O)c2cccs2)C1. The van der Waals surface area contributed by atoms with Crippen LogP contribution in [0.15, 0.2) is 17.5 Å². The number of thiophene rings is 1. The molecule has 0 bridgehead atoms. The molecule has 0 radical (unpaired) electrons. The van der Waals surface area contributed by atoms with Crippen LogP contribution in [0.3, 0.4) is 0 Å². The van der Waals surface area contributed by atoms with Gasteiger partial charge in [-0.1, -0.05) is 6.07 Å². The van der Waals surface area contributed by atoms with Gasteiger partial charge in [-0.3, -0.25) is 14.4 Å². The van der Waals surface area contributed by atoms with Crippen LogP contribution >= 0.6 is 11.3 Å². The van der Waals surface area contributed by atoms with Crippen LogP contribution in [0, 0.1) is 5.41 Å². The molecule has 1 aliphatic rings. The topological polar surface area (TPSA) is 87.2 Å². The fourth-order valence-electron chi connectivity index (χ4n) is 2.94. The summed E-state index contributed by atoms with van der Waals surface area (Å²) in [5.41, 5.74) is -1.07. The maximum atomic E-state index is 12.5. The first kappa shape index (κ1) is 18.4. The molecule has 0 aliphatic carbocycles. The second-order valence-electron chi connectivity index (χ2n) is 6.08. The van der Waals surface area contributed by atoms with Crippen LogP contribution in [0.2, 0.25) is 0 Å². The molecule has 0 saturated carbocycles. The summed E-state index contributed by atoms with van der Waals surface area (Å²) in [6.07, 6.45) is 1.08. The Morgan fingerprint density at radius 3 is 2.79 bits per heavy atom. The average Bonchev–Trinajstić information content (AvgIpc) is 3.08. The molecule has 7 nitrogen and oxygen atoms in total. The fourth-order valence-corrected chi connectivity index (χ4v) is 3.66. The zero-order valence-electron chi connectivity index (χ0n) is 13.9. The van der Waals surface area contributed by atoms with Crippen LogP contribution in [0.25, 0.3) is 0 Å². The molecule has 0 spiro atoms. The van der Waals surface area contributed by atoms with Crippen LogP contribution in [-0.4, -0.2) is 73.1 Å². The summed E-state index contributed by atoms with van der Waals surface area (Å²) in [6, 6.07) is 3.49. The summed E-state index contributed by atoms with van der Waals surface area (Å²) < 4.78 is 5.06. The van der Waals surface area contributed by atoms with Gasteiger partial charge in [-0.25, -0.2) is 0 Å². The molecule has 8 heteroatoms. The lowest BCUT2D eigenvalue weighted by molar-refractivity contribution is -0.159. The first-order valence-electron chi connectivity index (χ1n) is 7.69. The Balaban J connectivity index is 2.01. The highest BCUT2D eigenvalue weighted by molar-refractivity contribution is 7.12. The third kappa shape index (κ3) is 3.93. The van der Waals surface area contributed by atoms with E-state index in [-0.39, 0.29) is 31.5 Å². The number of carboxylic acids is 1. The van der Waals surface area contributed by atoms with Gasteiger partial charge in [0.2, 0.25) is 5.91 Å². The predicted octanol–water partition coefficient (Wildman–Crippen LogP) is 1.16. The number of amides is 2. The van der Waals surface area contributed by atoms with Crippen molar-refractivity contribution in [2.45, 2.75) is 12.8 Å². The Hall–Kier alpha value is -1.93. The number of rotatable bonds is 6. The van der Waals surface area contributed by atoms with E-state index < -0.39 is 11.4 Å². The van der Waals surface area contributed by atoms with Crippen molar-refractivity contribution < 1.29 is 24.2 Å². The molecule has 1 fully saturated rings. The average molecular weight is 354 g/mol. The van der Waals surface area contributed by atoms with Crippen molar-refractivity contribution in [1.82, 2.24) is 9.80 Å². The number of carbonyl (C=O) groups excluding carboxylic acids is 2. The number of likely N-dealkylation sites (N-methyl/N-ethyl adjacent to an activating group) is 1. The van der Waals surface area contributed by atoms with Crippen LogP contribution in [0.1, 0.15) is 22.5 Å². The molecule has 24 heavy (non-hydrogen) atoms. The maximum Gasteiger partial charge on any atom is 0.313 e. The van der Waals surface area contributed by atoms with E-state index in [9.17, 15) is 19.5 Å². The van der Waals surface area contributed by atoms with E-state index in [1.165, 1.54) is 28.2 Å². The van der Waals surface area contributed by atoms with E-state index in [0.717, 1.165) is 0 Å². The molecule has 2 amide bonds. The lowest BCUT2D eigenvalue weighted by Crippen LogP contribution is -2.54. The van der Waals surface area contributed by atoms with E-state index >= 15 is 0 Å². The molecule has 1 aliphatic heterocycles. The standard InChI is InChI=1S/C16H22N2O5S/c1-17(14(20)12-5-3-8-24-12)9-13(19)18-7-4-6-16(10-18,11-23-2)15(21)22/h3,5,8H,4,6-7,9-11H2,1-2H3,(H,21,22). The highest BCUT2D eigenvalue weighted by atomic mass is 32.1. The van der Waals surface area contributed by atoms with Gasteiger partial charge in [-0.15, -0.1) is 11.3 Å². The molecule has 1 aromatic rings. The number of likely N-dealkylation sites (tertiary alicyclic amines) is 1. The van der Waals surface area contributed by atoms with Gasteiger partial charge in [0.05, 0.1) is 18.0 Å². The van der Waals surface area contributed by atoms with Crippen molar-refractivity contribution >= 4 is 29.1 Å². The Bertz CT molecular complexity index is 600. The van der Waals surface area contributed by atoms with Crippen molar-refractivity contribution in [3.05, 3.63) is 22.4 Å². The van der Waals surface area contributed by atoms with Gasteiger partial charge in [-0.2, -0.15) is 0 Å². The molecular formula is C16H22N2O5S. The lowest BCUT2D eigenvalue weighted by Gasteiger charge is -2.39. The Morgan fingerprint density at radius 1 is 1.46 bits per heavy atom. The molecule has 0 aromatic carbocycles. The van der Waals surface area contributed by atoms with Gasteiger partial charge in [0.1, 0.15) is 5.41 Å². The van der Waals surface area contributed by atoms with E-state index in [0.29, 0.717) is 24.3 Å². The number of nitrogens with zero attached hydrogens (tertiary/aromatic N) is 2. The van der Waals surface area contributed by atoms with Crippen LogP contribution in [0.5, 0.6) is 0 Å². The normalized spacial score (nSPS) is 20.7. The Morgan fingerprint density at radius 2 is 2.21 bits per heavy atom. The van der Waals surface area contributed by atoms with Gasteiger partial charge in [0, 0.05) is 27.2 Å². The number of hydrogen-bond acceptors (Lipinski definition) is 5. The Kier molecular flexibility index (Phi) is 5.95. The number of methoxy groups -OCH3 is 1. The number of carboxylic acid groups (broad SMARTS) is 1. The van der Waals surface area contributed by atoms with E-state index in [1.807, 2.05) is 0 Å². The summed E-state index contributed by atoms with van der Waals surface area (Å²) in [7, 11) is 3.03. The summed E-state index contributed by atoms with van der Waals surface area (Å²) in [5, 5.41) is 11.3. The highest BCUT2D eigenvalue weighted by Gasteiger charge is 2.44. The van der Waals surface area contributed by atoms with Gasteiger partial charge in [0.25, 0.3) is 5.91 Å². The predicted molar refractivity (Wildman–Crippen MR) is 89.0 cm³/mol. The number of hydrogen-bond donors (Lipinski definition) is 1. The first-order chi connectivity index (χ1) is 11.4. The highest BCUT2D eigenvalue weighted by Crippen LogP contribution is 2.31. The number of carbonyl (C=O) groups is 3. The third-order valence-corrected chi connectivity index (χ3v) is 5.11. The summed E-state index contributed by atoms with van der Waals surface area (Å²) in [4.78, 5) is 39.8. The minimum absolute atomic E-state index is 0.0656. The molecule has 132 valence electrons. The molecule has 2 rings (SSSR count). The van der Waals surface area contributed by atoms with Gasteiger partial charge >= 0.3 is 5.97 Å². The number of aliphatic carboxylic acids is 1. The van der Waals surface area contributed by atoms with Crippen molar-refractivity contribution in [2.75, 3.05) is 40.4 Å². The quantitative estimate of drug-likeness (QED) is 0.828. The third-order valence-electron chi connectivity index (χ3n) is 4.25. The molecule has 1 atom stereocenters.